The van der Waals surface area contributed by atoms with E-state index < -0.39 is 0 Å². The number of rotatable bonds is 3. The lowest BCUT2D eigenvalue weighted by Gasteiger charge is -2.03. The van der Waals surface area contributed by atoms with Crippen LogP contribution >= 0.6 is 0 Å². The molecule has 0 aliphatic carbocycles. The number of nitrogens with one attached hydrogen (secondary N) is 1. The third kappa shape index (κ3) is 5.88. The minimum atomic E-state index is 0.641. The van der Waals surface area contributed by atoms with Crippen LogP contribution < -0.4 is 10.8 Å². The summed E-state index contributed by atoms with van der Waals surface area (Å²) < 4.78 is 0. The number of nitrogens with two attached hydrogens (primary N) is 1. The van der Waals surface area contributed by atoms with Gasteiger partial charge in [-0.25, -0.2) is 5.90 Å². The Morgan fingerprint density at radius 2 is 2.14 bits per heavy atom. The fourth-order valence-electron chi connectivity index (χ4n) is 0.263. The third-order valence-corrected chi connectivity index (χ3v) is 0.720. The van der Waals surface area contributed by atoms with Gasteiger partial charge in [-0.2, -0.15) is 0 Å². The molecule has 0 saturated carbocycles. The fraction of sp³-hybridized carbons (Fsp3) is 1.00. The smallest absolute Gasteiger partial charge is 0.117 e. The second kappa shape index (κ2) is 4.05. The molecule has 0 fully saturated rings. The molecule has 0 amide bonds. The maximum absolute atomic E-state index is 4.76. The predicted molar refractivity (Wildman–Crippen MR) is 27.8 cm³/mol. The van der Waals surface area contributed by atoms with Gasteiger partial charge in [0.05, 0.1) is 14.1 Å². The maximum Gasteiger partial charge on any atom is 0.117 e. The third-order valence-electron chi connectivity index (χ3n) is 0.720. The van der Waals surface area contributed by atoms with Crippen LogP contribution in [0.3, 0.4) is 0 Å². The van der Waals surface area contributed by atoms with Crippen molar-refractivity contribution in [3.05, 3.63) is 0 Å². The van der Waals surface area contributed by atoms with E-state index >= 15 is 0 Å². The molecule has 0 aromatic heterocycles. The molecule has 0 heterocycles. The molecular weight excluding hydrogens is 92.1 g/mol. The first-order valence-electron chi connectivity index (χ1n) is 2.38. The van der Waals surface area contributed by atoms with E-state index in [0.717, 1.165) is 6.54 Å². The van der Waals surface area contributed by atoms with Crippen molar-refractivity contribution < 1.29 is 9.74 Å². The van der Waals surface area contributed by atoms with Crippen LogP contribution in [0.4, 0.5) is 0 Å². The normalized spacial score (nSPS) is 10.3. The molecule has 0 aliphatic rings. The first kappa shape index (κ1) is 6.88. The van der Waals surface area contributed by atoms with Crippen molar-refractivity contribution in [3.8, 4) is 0 Å². The summed E-state index contributed by atoms with van der Waals surface area (Å²) >= 11 is 0. The van der Waals surface area contributed by atoms with E-state index in [0.29, 0.717) is 6.61 Å². The Morgan fingerprint density at radius 1 is 1.57 bits per heavy atom. The topological polar surface area (TPSA) is 39.7 Å². The molecule has 0 aromatic carbocycles. The van der Waals surface area contributed by atoms with Gasteiger partial charge in [-0.3, -0.25) is 4.84 Å². The first-order chi connectivity index (χ1) is 3.27. The van der Waals surface area contributed by atoms with Crippen molar-refractivity contribution in [2.45, 2.75) is 0 Å². The highest BCUT2D eigenvalue weighted by atomic mass is 16.6. The molecule has 3 heteroatoms. The van der Waals surface area contributed by atoms with Gasteiger partial charge in [-0.15, -0.1) is 0 Å². The Hall–Kier alpha value is -0.120. The van der Waals surface area contributed by atoms with Gasteiger partial charge in [0.1, 0.15) is 13.2 Å². The Morgan fingerprint density at radius 3 is 2.29 bits per heavy atom. The standard InChI is InChI=1S/C4H12N2O/c1-6(2)3-4-7-5/h3-5H2,1-2H3/p+1. The number of hydrogen-bond acceptors (Lipinski definition) is 2. The van der Waals surface area contributed by atoms with Gasteiger partial charge in [0.15, 0.2) is 0 Å². The molecule has 0 aromatic rings. The van der Waals surface area contributed by atoms with Crippen molar-refractivity contribution in [3.63, 3.8) is 0 Å². The van der Waals surface area contributed by atoms with E-state index in [1.165, 1.54) is 4.90 Å². The van der Waals surface area contributed by atoms with Crippen molar-refractivity contribution in [1.29, 1.82) is 0 Å². The van der Waals surface area contributed by atoms with Gasteiger partial charge >= 0.3 is 0 Å². The van der Waals surface area contributed by atoms with Gasteiger partial charge in [0, 0.05) is 0 Å². The van der Waals surface area contributed by atoms with Crippen LogP contribution in [0.15, 0.2) is 0 Å². The lowest BCUT2D eigenvalue weighted by atomic mass is 10.6. The van der Waals surface area contributed by atoms with Crippen molar-refractivity contribution in [1.82, 2.24) is 0 Å². The fourth-order valence-corrected chi connectivity index (χ4v) is 0.263. The van der Waals surface area contributed by atoms with E-state index in [2.05, 4.69) is 18.9 Å². The molecule has 0 unspecified atom stereocenters. The molecule has 44 valence electrons. The molecule has 0 atom stereocenters. The van der Waals surface area contributed by atoms with E-state index in [4.69, 9.17) is 5.90 Å². The largest absolute Gasteiger partial charge is 0.338 e. The summed E-state index contributed by atoms with van der Waals surface area (Å²) in [6.07, 6.45) is 0. The SMILES string of the molecule is C[NH+](C)CCON. The van der Waals surface area contributed by atoms with Gasteiger partial charge in [0.2, 0.25) is 0 Å². The number of quaternary nitrogens is 1. The van der Waals surface area contributed by atoms with Crippen LogP contribution in [0.2, 0.25) is 0 Å². The second-order valence-electron chi connectivity index (χ2n) is 1.83. The van der Waals surface area contributed by atoms with Crippen LogP contribution in [0, 0.1) is 0 Å². The summed E-state index contributed by atoms with van der Waals surface area (Å²) in [5.41, 5.74) is 0. The zero-order valence-corrected chi connectivity index (χ0v) is 4.90. The molecule has 0 bridgehead atoms. The minimum absolute atomic E-state index is 0.641. The van der Waals surface area contributed by atoms with Gasteiger partial charge in [-0.05, 0) is 0 Å². The summed E-state index contributed by atoms with van der Waals surface area (Å²) in [5.74, 6) is 4.76. The molecule has 3 N–H and O–H groups in total. The maximum atomic E-state index is 4.76. The molecule has 7 heavy (non-hydrogen) atoms. The highest BCUT2D eigenvalue weighted by Crippen LogP contribution is 1.48. The summed E-state index contributed by atoms with van der Waals surface area (Å²) in [5, 5.41) is 0. The molecular formula is C4H13N2O+. The van der Waals surface area contributed by atoms with Crippen LogP contribution in [0.25, 0.3) is 0 Å². The van der Waals surface area contributed by atoms with Crippen molar-refractivity contribution in [2.24, 2.45) is 5.90 Å². The van der Waals surface area contributed by atoms with E-state index in [-0.39, 0.29) is 0 Å². The number of hydrogen-bond donors (Lipinski definition) is 2. The zero-order chi connectivity index (χ0) is 5.70. The monoisotopic (exact) mass is 105 g/mol. The molecule has 0 saturated heterocycles. The Kier molecular flexibility index (Phi) is 3.98. The molecule has 0 rings (SSSR count). The summed E-state index contributed by atoms with van der Waals surface area (Å²) in [6.45, 7) is 1.61. The van der Waals surface area contributed by atoms with E-state index in [1.54, 1.807) is 0 Å². The van der Waals surface area contributed by atoms with Crippen molar-refractivity contribution in [2.75, 3.05) is 27.2 Å². The van der Waals surface area contributed by atoms with Crippen LogP contribution in [-0.4, -0.2) is 27.2 Å². The van der Waals surface area contributed by atoms with E-state index in [1.807, 2.05) is 0 Å². The number of likely N-dealkylation sites (N-methyl/N-ethyl adjacent to an activating group) is 1. The average molecular weight is 105 g/mol. The quantitative estimate of drug-likeness (QED) is 0.408. The first-order valence-corrected chi connectivity index (χ1v) is 2.38. The summed E-state index contributed by atoms with van der Waals surface area (Å²) in [6, 6.07) is 0. The minimum Gasteiger partial charge on any atom is -0.338 e. The van der Waals surface area contributed by atoms with Gasteiger partial charge < -0.3 is 4.90 Å². The highest BCUT2D eigenvalue weighted by Gasteiger charge is 1.87. The zero-order valence-electron chi connectivity index (χ0n) is 4.90. The van der Waals surface area contributed by atoms with Gasteiger partial charge in [-0.1, -0.05) is 0 Å². The molecule has 0 spiro atoms. The summed E-state index contributed by atoms with van der Waals surface area (Å²) in [4.78, 5) is 5.68. The highest BCUT2D eigenvalue weighted by molar-refractivity contribution is 4.14. The molecule has 3 nitrogen and oxygen atoms in total. The molecule has 0 radical (unpaired) electrons. The van der Waals surface area contributed by atoms with Crippen LogP contribution in [0.1, 0.15) is 0 Å². The Balaban J connectivity index is 2.68. The van der Waals surface area contributed by atoms with Gasteiger partial charge in [0.25, 0.3) is 0 Å². The lowest BCUT2D eigenvalue weighted by molar-refractivity contribution is -0.858. The van der Waals surface area contributed by atoms with Crippen LogP contribution in [0.5, 0.6) is 0 Å². The predicted octanol–water partition coefficient (Wildman–Crippen LogP) is -1.98. The van der Waals surface area contributed by atoms with E-state index in [9.17, 15) is 0 Å². The average Bonchev–Trinajstić information content (AvgIpc) is 1.61. The summed E-state index contributed by atoms with van der Waals surface area (Å²) in [7, 11) is 4.11. The van der Waals surface area contributed by atoms with Crippen LogP contribution in [-0.2, 0) is 4.84 Å². The lowest BCUT2D eigenvalue weighted by Crippen LogP contribution is -3.06. The van der Waals surface area contributed by atoms with Crippen molar-refractivity contribution >= 4 is 0 Å². The Bertz CT molecular complexity index is 38.7. The molecule has 0 aliphatic heterocycles. The second-order valence-corrected chi connectivity index (χ2v) is 1.83. The Labute approximate surface area is 44.0 Å².